The smallest absolute Gasteiger partial charge is 0.338 e. The van der Waals surface area contributed by atoms with Crippen LogP contribution in [0.25, 0.3) is 5.65 Å². The highest BCUT2D eigenvalue weighted by molar-refractivity contribution is 7.07. The third-order valence-corrected chi connectivity index (χ3v) is 4.65. The molecule has 3 aromatic heterocycles. The van der Waals surface area contributed by atoms with Gasteiger partial charge in [-0.15, -0.1) is 11.3 Å². The summed E-state index contributed by atoms with van der Waals surface area (Å²) in [6, 6.07) is 10.9. The number of nitrogens with zero attached hydrogens (tertiary/aromatic N) is 3. The Kier molecular flexibility index (Phi) is 4.84. The van der Waals surface area contributed by atoms with Crippen molar-refractivity contribution in [1.82, 2.24) is 14.4 Å². The molecule has 3 heterocycles. The van der Waals surface area contributed by atoms with Gasteiger partial charge in [0.2, 0.25) is 0 Å². The van der Waals surface area contributed by atoms with Crippen molar-refractivity contribution in [3.05, 3.63) is 82.2 Å². The first-order chi connectivity index (χ1) is 13.2. The van der Waals surface area contributed by atoms with Crippen LogP contribution >= 0.6 is 11.3 Å². The van der Waals surface area contributed by atoms with Gasteiger partial charge in [-0.25, -0.2) is 14.8 Å². The largest absolute Gasteiger partial charge is 0.487 e. The number of fused-ring (bicyclic) bond motifs is 1. The van der Waals surface area contributed by atoms with Gasteiger partial charge >= 0.3 is 5.97 Å². The number of aromatic nitrogens is 3. The minimum absolute atomic E-state index is 0.115. The SMILES string of the molecule is Cc1cccn2cc(COC(=O)c3cccc(OCc4cscn4)c3)nc12. The van der Waals surface area contributed by atoms with E-state index in [0.29, 0.717) is 23.6 Å². The molecular weight excluding hydrogens is 362 g/mol. The van der Waals surface area contributed by atoms with E-state index < -0.39 is 5.97 Å². The zero-order valence-corrected chi connectivity index (χ0v) is 15.5. The second-order valence-electron chi connectivity index (χ2n) is 6.03. The normalized spacial score (nSPS) is 10.9. The van der Waals surface area contributed by atoms with Gasteiger partial charge < -0.3 is 13.9 Å². The van der Waals surface area contributed by atoms with E-state index in [1.165, 1.54) is 11.3 Å². The Morgan fingerprint density at radius 2 is 2.11 bits per heavy atom. The highest BCUT2D eigenvalue weighted by Gasteiger charge is 2.11. The Morgan fingerprint density at radius 1 is 1.19 bits per heavy atom. The van der Waals surface area contributed by atoms with E-state index in [1.807, 2.05) is 41.2 Å². The molecule has 4 aromatic rings. The summed E-state index contributed by atoms with van der Waals surface area (Å²) in [6.45, 7) is 2.47. The average molecular weight is 379 g/mol. The molecule has 0 saturated carbocycles. The van der Waals surface area contributed by atoms with Gasteiger partial charge in [0.1, 0.15) is 24.6 Å². The van der Waals surface area contributed by atoms with Crippen molar-refractivity contribution in [3.63, 3.8) is 0 Å². The molecule has 0 aliphatic carbocycles. The highest BCUT2D eigenvalue weighted by Crippen LogP contribution is 2.17. The number of pyridine rings is 1. The molecule has 4 rings (SSSR count). The summed E-state index contributed by atoms with van der Waals surface area (Å²) >= 11 is 1.52. The van der Waals surface area contributed by atoms with Crippen LogP contribution in [0.4, 0.5) is 0 Å². The molecule has 0 atom stereocenters. The number of rotatable bonds is 6. The van der Waals surface area contributed by atoms with E-state index >= 15 is 0 Å². The fourth-order valence-corrected chi connectivity index (χ4v) is 3.22. The zero-order valence-electron chi connectivity index (χ0n) is 14.7. The summed E-state index contributed by atoms with van der Waals surface area (Å²) in [5.41, 5.74) is 5.68. The first kappa shape index (κ1) is 17.2. The first-order valence-electron chi connectivity index (χ1n) is 8.39. The van der Waals surface area contributed by atoms with Crippen LogP contribution in [0.1, 0.15) is 27.3 Å². The van der Waals surface area contributed by atoms with Crippen LogP contribution in [-0.4, -0.2) is 20.3 Å². The average Bonchev–Trinajstić information content (AvgIpc) is 3.35. The second kappa shape index (κ2) is 7.59. The lowest BCUT2D eigenvalue weighted by atomic mass is 10.2. The van der Waals surface area contributed by atoms with Gasteiger partial charge in [0.25, 0.3) is 0 Å². The lowest BCUT2D eigenvalue weighted by molar-refractivity contribution is 0.0468. The quantitative estimate of drug-likeness (QED) is 0.473. The van der Waals surface area contributed by atoms with E-state index in [1.54, 1.807) is 29.8 Å². The maximum absolute atomic E-state index is 12.4. The fraction of sp³-hybridized carbons (Fsp3) is 0.150. The Bertz CT molecular complexity index is 1070. The van der Waals surface area contributed by atoms with Crippen LogP contribution in [0.5, 0.6) is 5.75 Å². The number of thiazole rings is 1. The van der Waals surface area contributed by atoms with E-state index in [4.69, 9.17) is 9.47 Å². The van der Waals surface area contributed by atoms with Crippen LogP contribution in [0.2, 0.25) is 0 Å². The van der Waals surface area contributed by atoms with E-state index in [9.17, 15) is 4.79 Å². The molecule has 0 unspecified atom stereocenters. The van der Waals surface area contributed by atoms with Crippen molar-refractivity contribution >= 4 is 23.0 Å². The number of hydrogen-bond donors (Lipinski definition) is 0. The molecule has 0 aliphatic rings. The topological polar surface area (TPSA) is 65.7 Å². The molecule has 0 saturated heterocycles. The van der Waals surface area contributed by atoms with Crippen molar-refractivity contribution in [1.29, 1.82) is 0 Å². The van der Waals surface area contributed by atoms with Crippen LogP contribution in [-0.2, 0) is 18.0 Å². The molecule has 1 aromatic carbocycles. The van der Waals surface area contributed by atoms with E-state index in [0.717, 1.165) is 16.9 Å². The summed E-state index contributed by atoms with van der Waals surface area (Å²) in [6.07, 6.45) is 3.78. The Hall–Kier alpha value is -3.19. The molecule has 27 heavy (non-hydrogen) atoms. The molecule has 6 nitrogen and oxygen atoms in total. The Morgan fingerprint density at radius 3 is 2.93 bits per heavy atom. The van der Waals surface area contributed by atoms with Gasteiger partial charge in [0.15, 0.2) is 0 Å². The van der Waals surface area contributed by atoms with Crippen molar-refractivity contribution < 1.29 is 14.3 Å². The van der Waals surface area contributed by atoms with Gasteiger partial charge in [0.05, 0.1) is 22.5 Å². The molecule has 0 radical (unpaired) electrons. The third kappa shape index (κ3) is 3.98. The molecule has 0 fully saturated rings. The van der Waals surface area contributed by atoms with Gasteiger partial charge in [-0.05, 0) is 36.8 Å². The molecule has 0 amide bonds. The number of carbonyl (C=O) groups is 1. The summed E-state index contributed by atoms with van der Waals surface area (Å²) in [4.78, 5) is 21.0. The highest BCUT2D eigenvalue weighted by atomic mass is 32.1. The summed E-state index contributed by atoms with van der Waals surface area (Å²) in [5, 5.41) is 1.93. The van der Waals surface area contributed by atoms with Crippen LogP contribution in [0.15, 0.2) is 59.7 Å². The Labute approximate surface area is 160 Å². The number of imidazole rings is 1. The van der Waals surface area contributed by atoms with Crippen molar-refractivity contribution in [3.8, 4) is 5.75 Å². The second-order valence-corrected chi connectivity index (χ2v) is 6.75. The molecule has 0 N–H and O–H groups in total. The summed E-state index contributed by atoms with van der Waals surface area (Å²) in [7, 11) is 0. The first-order valence-corrected chi connectivity index (χ1v) is 9.33. The molecule has 136 valence electrons. The van der Waals surface area contributed by atoms with E-state index in [2.05, 4.69) is 9.97 Å². The van der Waals surface area contributed by atoms with Gasteiger partial charge in [-0.2, -0.15) is 0 Å². The number of benzene rings is 1. The predicted molar refractivity (Wildman–Crippen MR) is 102 cm³/mol. The number of esters is 1. The Balaban J connectivity index is 1.40. The standard InChI is InChI=1S/C20H17N3O3S/c1-14-4-3-7-23-9-16(22-19(14)23)10-26-20(24)15-5-2-6-18(8-15)25-11-17-12-27-13-21-17/h2-9,12-13H,10-11H2,1H3. The number of hydrogen-bond acceptors (Lipinski definition) is 6. The third-order valence-electron chi connectivity index (χ3n) is 4.02. The number of ether oxygens (including phenoxy) is 2. The predicted octanol–water partition coefficient (Wildman–Crippen LogP) is 4.04. The van der Waals surface area contributed by atoms with Crippen LogP contribution < -0.4 is 4.74 Å². The van der Waals surface area contributed by atoms with Gasteiger partial charge in [-0.1, -0.05) is 12.1 Å². The lowest BCUT2D eigenvalue weighted by Gasteiger charge is -2.07. The van der Waals surface area contributed by atoms with Gasteiger partial charge in [0, 0.05) is 17.8 Å². The zero-order chi connectivity index (χ0) is 18.6. The molecular formula is C20H17N3O3S. The number of carbonyl (C=O) groups excluding carboxylic acids is 1. The van der Waals surface area contributed by atoms with Crippen LogP contribution in [0.3, 0.4) is 0 Å². The lowest BCUT2D eigenvalue weighted by Crippen LogP contribution is -2.06. The van der Waals surface area contributed by atoms with Crippen molar-refractivity contribution in [2.75, 3.05) is 0 Å². The van der Waals surface area contributed by atoms with E-state index in [-0.39, 0.29) is 6.61 Å². The fourth-order valence-electron chi connectivity index (χ4n) is 2.68. The molecule has 0 aliphatic heterocycles. The minimum Gasteiger partial charge on any atom is -0.487 e. The summed E-state index contributed by atoms with van der Waals surface area (Å²) in [5.74, 6) is 0.184. The maximum Gasteiger partial charge on any atom is 0.338 e. The minimum atomic E-state index is -0.414. The van der Waals surface area contributed by atoms with Crippen molar-refractivity contribution in [2.45, 2.75) is 20.1 Å². The maximum atomic E-state index is 12.4. The molecule has 0 spiro atoms. The monoisotopic (exact) mass is 379 g/mol. The molecule has 7 heteroatoms. The number of aryl methyl sites for hydroxylation is 1. The summed E-state index contributed by atoms with van der Waals surface area (Å²) < 4.78 is 13.0. The van der Waals surface area contributed by atoms with Crippen LogP contribution in [0, 0.1) is 6.92 Å². The van der Waals surface area contributed by atoms with Crippen molar-refractivity contribution in [2.24, 2.45) is 0 Å². The van der Waals surface area contributed by atoms with Gasteiger partial charge in [-0.3, -0.25) is 0 Å². The molecule has 0 bridgehead atoms.